The van der Waals surface area contributed by atoms with E-state index in [1.165, 1.54) is 24.3 Å². The Kier molecular flexibility index (Phi) is 3.93. The molecule has 0 aliphatic carbocycles. The van der Waals surface area contributed by atoms with Crippen molar-refractivity contribution in [1.82, 2.24) is 0 Å². The summed E-state index contributed by atoms with van der Waals surface area (Å²) < 4.78 is 44.5. The first-order chi connectivity index (χ1) is 8.92. The van der Waals surface area contributed by atoms with E-state index in [-0.39, 0.29) is 16.5 Å². The second kappa shape index (κ2) is 5.32. The molecular formula is C11H9BrFNO4S. The summed E-state index contributed by atoms with van der Waals surface area (Å²) in [4.78, 5) is 0. The molecule has 1 aromatic carbocycles. The van der Waals surface area contributed by atoms with E-state index in [0.717, 1.165) is 6.07 Å². The zero-order valence-corrected chi connectivity index (χ0v) is 11.8. The maximum absolute atomic E-state index is 13.1. The lowest BCUT2D eigenvalue weighted by atomic mass is 10.3. The zero-order chi connectivity index (χ0) is 14.0. The van der Waals surface area contributed by atoms with Gasteiger partial charge in [-0.1, -0.05) is 0 Å². The van der Waals surface area contributed by atoms with E-state index in [2.05, 4.69) is 20.7 Å². The Hall–Kier alpha value is -1.38. The molecule has 0 radical (unpaired) electrons. The lowest BCUT2D eigenvalue weighted by Gasteiger charge is -2.07. The van der Waals surface area contributed by atoms with Crippen LogP contribution >= 0.6 is 15.9 Å². The largest absolute Gasteiger partial charge is 0.445 e. The van der Waals surface area contributed by atoms with Crippen LogP contribution in [0.5, 0.6) is 0 Å². The van der Waals surface area contributed by atoms with Crippen LogP contribution in [0, 0.1) is 5.82 Å². The van der Waals surface area contributed by atoms with Gasteiger partial charge in [-0.2, -0.15) is 8.42 Å². The van der Waals surface area contributed by atoms with Gasteiger partial charge in [-0.25, -0.2) is 4.39 Å². The fourth-order valence-corrected chi connectivity index (χ4v) is 2.86. The third-order valence-corrected chi connectivity index (χ3v) is 4.16. The maximum Gasteiger partial charge on any atom is 0.295 e. The van der Waals surface area contributed by atoms with Crippen molar-refractivity contribution in [3.63, 3.8) is 0 Å². The zero-order valence-electron chi connectivity index (χ0n) is 9.43. The van der Waals surface area contributed by atoms with Crippen LogP contribution < -0.4 is 4.72 Å². The summed E-state index contributed by atoms with van der Waals surface area (Å²) >= 11 is 3.11. The van der Waals surface area contributed by atoms with Gasteiger partial charge in [-0.3, -0.25) is 4.72 Å². The second-order valence-electron chi connectivity index (χ2n) is 3.61. The number of rotatable bonds is 4. The molecule has 0 spiro atoms. The summed E-state index contributed by atoms with van der Waals surface area (Å²) in [7, 11) is -3.97. The molecule has 5 nitrogen and oxygen atoms in total. The summed E-state index contributed by atoms with van der Waals surface area (Å²) in [5.41, 5.74) is 0.0574. The van der Waals surface area contributed by atoms with Crippen LogP contribution in [0.4, 0.5) is 10.1 Å². The molecule has 1 aromatic heterocycles. The molecule has 0 aliphatic rings. The Balaban J connectivity index is 2.33. The first-order valence-electron chi connectivity index (χ1n) is 5.10. The van der Waals surface area contributed by atoms with E-state index >= 15 is 0 Å². The SMILES string of the molecule is O=S(=O)(Nc1cc(F)ccc1Br)c1ccc(CO)o1. The molecule has 0 unspecified atom stereocenters. The topological polar surface area (TPSA) is 79.5 Å². The highest BCUT2D eigenvalue weighted by Gasteiger charge is 2.20. The molecule has 19 heavy (non-hydrogen) atoms. The van der Waals surface area contributed by atoms with Crippen molar-refractivity contribution < 1.29 is 22.3 Å². The van der Waals surface area contributed by atoms with Gasteiger partial charge in [0.05, 0.1) is 5.69 Å². The summed E-state index contributed by atoms with van der Waals surface area (Å²) in [5.74, 6) is -0.449. The van der Waals surface area contributed by atoms with Gasteiger partial charge in [-0.15, -0.1) is 0 Å². The van der Waals surface area contributed by atoms with Gasteiger partial charge in [0.25, 0.3) is 10.0 Å². The van der Waals surface area contributed by atoms with Crippen LogP contribution in [0.1, 0.15) is 5.76 Å². The maximum atomic E-state index is 13.1. The van der Waals surface area contributed by atoms with E-state index in [4.69, 9.17) is 9.52 Å². The summed E-state index contributed by atoms with van der Waals surface area (Å²) in [5, 5.41) is 8.47. The van der Waals surface area contributed by atoms with Crippen LogP contribution in [0.2, 0.25) is 0 Å². The molecule has 0 atom stereocenters. The Bertz CT molecular complexity index is 698. The average molecular weight is 350 g/mol. The third-order valence-electron chi connectivity index (χ3n) is 2.23. The van der Waals surface area contributed by atoms with E-state index in [1.807, 2.05) is 0 Å². The summed E-state index contributed by atoms with van der Waals surface area (Å²) in [6, 6.07) is 6.17. The van der Waals surface area contributed by atoms with Gasteiger partial charge in [-0.05, 0) is 46.3 Å². The quantitative estimate of drug-likeness (QED) is 0.888. The predicted octanol–water partition coefficient (Wildman–Crippen LogP) is 2.47. The average Bonchev–Trinajstić information content (AvgIpc) is 2.83. The van der Waals surface area contributed by atoms with Crippen molar-refractivity contribution in [2.45, 2.75) is 11.7 Å². The standard InChI is InChI=1S/C11H9BrFNO4S/c12-9-3-1-7(13)5-10(9)14-19(16,17)11-4-2-8(6-15)18-11/h1-5,14-15H,6H2. The van der Waals surface area contributed by atoms with E-state index in [0.29, 0.717) is 4.47 Å². The first-order valence-corrected chi connectivity index (χ1v) is 7.37. The minimum absolute atomic E-state index is 0.0574. The van der Waals surface area contributed by atoms with Crippen molar-refractivity contribution in [1.29, 1.82) is 0 Å². The lowest BCUT2D eigenvalue weighted by Crippen LogP contribution is -2.12. The molecular weight excluding hydrogens is 341 g/mol. The van der Waals surface area contributed by atoms with Crippen LogP contribution in [0.25, 0.3) is 0 Å². The first kappa shape index (κ1) is 14.0. The molecule has 2 rings (SSSR count). The van der Waals surface area contributed by atoms with Gasteiger partial charge < -0.3 is 9.52 Å². The highest BCUT2D eigenvalue weighted by Crippen LogP contribution is 2.26. The van der Waals surface area contributed by atoms with Crippen LogP contribution in [-0.4, -0.2) is 13.5 Å². The molecule has 0 saturated heterocycles. The summed E-state index contributed by atoms with van der Waals surface area (Å²) in [6.45, 7) is -0.404. The lowest BCUT2D eigenvalue weighted by molar-refractivity contribution is 0.236. The van der Waals surface area contributed by atoms with Gasteiger partial charge in [0.1, 0.15) is 18.2 Å². The number of hydrogen-bond acceptors (Lipinski definition) is 4. The number of nitrogens with one attached hydrogen (secondary N) is 1. The smallest absolute Gasteiger partial charge is 0.295 e. The second-order valence-corrected chi connectivity index (χ2v) is 6.08. The van der Waals surface area contributed by atoms with Crippen LogP contribution in [0.3, 0.4) is 0 Å². The number of aliphatic hydroxyl groups excluding tert-OH is 1. The molecule has 0 bridgehead atoms. The molecule has 8 heteroatoms. The fourth-order valence-electron chi connectivity index (χ4n) is 1.36. The van der Waals surface area contributed by atoms with Crippen molar-refractivity contribution in [3.8, 4) is 0 Å². The molecule has 2 N–H and O–H groups in total. The molecule has 102 valence electrons. The minimum atomic E-state index is -3.97. The number of sulfonamides is 1. The molecule has 1 heterocycles. The predicted molar refractivity (Wildman–Crippen MR) is 69.5 cm³/mol. The minimum Gasteiger partial charge on any atom is -0.445 e. The molecule has 0 aliphatic heterocycles. The molecule has 2 aromatic rings. The van der Waals surface area contributed by atoms with E-state index in [9.17, 15) is 12.8 Å². The van der Waals surface area contributed by atoms with Crippen LogP contribution in [0.15, 0.2) is 44.3 Å². The van der Waals surface area contributed by atoms with Gasteiger partial charge >= 0.3 is 0 Å². The number of halogens is 2. The van der Waals surface area contributed by atoms with Crippen molar-refractivity contribution >= 4 is 31.6 Å². The Morgan fingerprint density at radius 1 is 1.32 bits per heavy atom. The number of furan rings is 1. The van der Waals surface area contributed by atoms with Crippen molar-refractivity contribution in [3.05, 3.63) is 46.4 Å². The van der Waals surface area contributed by atoms with Crippen LogP contribution in [-0.2, 0) is 16.6 Å². The van der Waals surface area contributed by atoms with Crippen molar-refractivity contribution in [2.75, 3.05) is 4.72 Å². The number of aliphatic hydroxyl groups is 1. The monoisotopic (exact) mass is 349 g/mol. The normalized spacial score (nSPS) is 11.5. The van der Waals surface area contributed by atoms with E-state index < -0.39 is 22.4 Å². The highest BCUT2D eigenvalue weighted by atomic mass is 79.9. The Morgan fingerprint density at radius 2 is 2.05 bits per heavy atom. The van der Waals surface area contributed by atoms with E-state index in [1.54, 1.807) is 0 Å². The number of anilines is 1. The Morgan fingerprint density at radius 3 is 2.68 bits per heavy atom. The number of benzene rings is 1. The van der Waals surface area contributed by atoms with Crippen molar-refractivity contribution in [2.24, 2.45) is 0 Å². The van der Waals surface area contributed by atoms with Gasteiger partial charge in [0.15, 0.2) is 0 Å². The molecule has 0 fully saturated rings. The Labute approximate surface area is 117 Å². The van der Waals surface area contributed by atoms with Gasteiger partial charge in [0.2, 0.25) is 5.09 Å². The third kappa shape index (κ3) is 3.14. The molecule has 0 saturated carbocycles. The molecule has 0 amide bonds. The summed E-state index contributed by atoms with van der Waals surface area (Å²) in [6.07, 6.45) is 0. The number of hydrogen-bond donors (Lipinski definition) is 2. The van der Waals surface area contributed by atoms with Gasteiger partial charge in [0, 0.05) is 4.47 Å². The highest BCUT2D eigenvalue weighted by molar-refractivity contribution is 9.10. The fraction of sp³-hybridized carbons (Fsp3) is 0.0909.